The van der Waals surface area contributed by atoms with Crippen LogP contribution in [0.5, 0.6) is 5.75 Å². The van der Waals surface area contributed by atoms with Gasteiger partial charge in [-0.25, -0.2) is 0 Å². The van der Waals surface area contributed by atoms with Gasteiger partial charge in [0.2, 0.25) is 0 Å². The molecule has 1 aliphatic carbocycles. The Kier molecular flexibility index (Phi) is 5.68. The number of carbonyl (C=O) groups excluding carboxylic acids is 1. The van der Waals surface area contributed by atoms with Crippen molar-refractivity contribution in [2.24, 2.45) is 5.92 Å². The number of aromatic amines is 1. The lowest BCUT2D eigenvalue weighted by Gasteiger charge is -2.38. The number of hydrogen-bond donors (Lipinski definition) is 2. The molecule has 0 unspecified atom stereocenters. The fourth-order valence-electron chi connectivity index (χ4n) is 5.42. The molecule has 5 rings (SSSR count). The van der Waals surface area contributed by atoms with E-state index >= 15 is 0 Å². The Bertz CT molecular complexity index is 1110. The molecule has 32 heavy (non-hydrogen) atoms. The van der Waals surface area contributed by atoms with Crippen LogP contribution in [0.25, 0.3) is 10.9 Å². The van der Waals surface area contributed by atoms with Crippen molar-refractivity contribution in [3.8, 4) is 5.75 Å². The van der Waals surface area contributed by atoms with Crippen LogP contribution in [0.15, 0.2) is 42.5 Å². The van der Waals surface area contributed by atoms with Gasteiger partial charge in [-0.3, -0.25) is 4.79 Å². The lowest BCUT2D eigenvalue weighted by atomic mass is 9.74. The third-order valence-corrected chi connectivity index (χ3v) is 7.45. The number of hydrogen-bond acceptors (Lipinski definition) is 3. The number of aryl methyl sites for hydroxylation is 1. The van der Waals surface area contributed by atoms with Crippen LogP contribution in [0.1, 0.15) is 53.4 Å². The Morgan fingerprint density at radius 3 is 2.72 bits per heavy atom. The molecule has 3 aromatic rings. The van der Waals surface area contributed by atoms with Gasteiger partial charge in [-0.2, -0.15) is 0 Å². The minimum Gasteiger partial charge on any atom is -0.497 e. The smallest absolute Gasteiger partial charge is 0.253 e. The molecule has 2 aromatic carbocycles. The van der Waals surface area contributed by atoms with Gasteiger partial charge in [0.05, 0.1) is 18.2 Å². The van der Waals surface area contributed by atoms with Crippen LogP contribution in [-0.2, 0) is 23.0 Å². The van der Waals surface area contributed by atoms with Gasteiger partial charge in [0, 0.05) is 36.3 Å². The molecule has 1 aliphatic heterocycles. The minimum atomic E-state index is -0.127. The molecule has 0 bridgehead atoms. The fraction of sp³-hybridized carbons (Fsp3) is 0.444. The Morgan fingerprint density at radius 1 is 1.19 bits per heavy atom. The van der Waals surface area contributed by atoms with E-state index in [1.54, 1.807) is 7.11 Å². The lowest BCUT2D eigenvalue weighted by Crippen LogP contribution is -2.44. The number of methoxy groups -OCH3 is 1. The van der Waals surface area contributed by atoms with Crippen molar-refractivity contribution < 1.29 is 14.3 Å². The van der Waals surface area contributed by atoms with Gasteiger partial charge >= 0.3 is 0 Å². The second-order valence-electron chi connectivity index (χ2n) is 9.46. The van der Waals surface area contributed by atoms with E-state index in [0.717, 1.165) is 42.5 Å². The van der Waals surface area contributed by atoms with Gasteiger partial charge in [-0.1, -0.05) is 31.2 Å². The van der Waals surface area contributed by atoms with E-state index in [1.807, 2.05) is 24.3 Å². The normalized spacial score (nSPS) is 20.0. The van der Waals surface area contributed by atoms with Crippen molar-refractivity contribution in [3.05, 3.63) is 64.8 Å². The second kappa shape index (κ2) is 8.62. The Balaban J connectivity index is 1.41. The summed E-state index contributed by atoms with van der Waals surface area (Å²) >= 11 is 0. The largest absolute Gasteiger partial charge is 0.497 e. The number of carbonyl (C=O) groups is 1. The zero-order chi connectivity index (χ0) is 22.1. The molecule has 0 spiro atoms. The van der Waals surface area contributed by atoms with E-state index in [4.69, 9.17) is 9.47 Å². The van der Waals surface area contributed by atoms with Crippen molar-refractivity contribution in [3.63, 3.8) is 0 Å². The predicted molar refractivity (Wildman–Crippen MR) is 127 cm³/mol. The number of nitrogens with one attached hydrogen (secondary N) is 2. The van der Waals surface area contributed by atoms with Gasteiger partial charge in [0.1, 0.15) is 5.75 Å². The number of benzene rings is 2. The van der Waals surface area contributed by atoms with E-state index in [2.05, 4.69) is 35.4 Å². The first kappa shape index (κ1) is 21.1. The predicted octanol–water partition coefficient (Wildman–Crippen LogP) is 4.78. The van der Waals surface area contributed by atoms with Crippen molar-refractivity contribution in [2.45, 2.75) is 44.4 Å². The number of H-pyrrole nitrogens is 1. The van der Waals surface area contributed by atoms with Gasteiger partial charge in [0.25, 0.3) is 5.91 Å². The van der Waals surface area contributed by atoms with E-state index in [1.165, 1.54) is 28.6 Å². The summed E-state index contributed by atoms with van der Waals surface area (Å²) < 4.78 is 11.0. The first-order valence-electron chi connectivity index (χ1n) is 11.7. The first-order valence-corrected chi connectivity index (χ1v) is 11.7. The van der Waals surface area contributed by atoms with Crippen LogP contribution in [-0.4, -0.2) is 37.8 Å². The molecule has 0 radical (unpaired) electrons. The fourth-order valence-corrected chi connectivity index (χ4v) is 5.42. The van der Waals surface area contributed by atoms with Crippen LogP contribution in [0, 0.1) is 5.92 Å². The van der Waals surface area contributed by atoms with Crippen molar-refractivity contribution in [2.75, 3.05) is 26.9 Å². The average Bonchev–Trinajstić information content (AvgIpc) is 3.21. The quantitative estimate of drug-likeness (QED) is 0.610. The molecule has 1 saturated heterocycles. The van der Waals surface area contributed by atoms with Crippen LogP contribution >= 0.6 is 0 Å². The Morgan fingerprint density at radius 2 is 1.97 bits per heavy atom. The van der Waals surface area contributed by atoms with Crippen LogP contribution < -0.4 is 10.1 Å². The molecule has 1 fully saturated rings. The molecule has 2 aliphatic rings. The van der Waals surface area contributed by atoms with Gasteiger partial charge in [0.15, 0.2) is 0 Å². The molecule has 2 heterocycles. The summed E-state index contributed by atoms with van der Waals surface area (Å²) in [5, 5.41) is 4.48. The summed E-state index contributed by atoms with van der Waals surface area (Å²) in [7, 11) is 1.68. The highest BCUT2D eigenvalue weighted by Crippen LogP contribution is 2.36. The van der Waals surface area contributed by atoms with Crippen molar-refractivity contribution in [1.82, 2.24) is 10.3 Å². The standard InChI is InChI=1S/C27H32N2O3/c1-18-6-11-24-23(16-18)21-4-3-5-22(25(21)29-24)26(30)28-17-27(12-14-32-15-13-27)19-7-9-20(31-2)10-8-19/h3-5,7-10,18,29H,6,11-17H2,1-2H3,(H,28,30)/t18-/m0/s1. The molecule has 0 saturated carbocycles. The van der Waals surface area contributed by atoms with Crippen LogP contribution in [0.4, 0.5) is 0 Å². The molecule has 1 aromatic heterocycles. The molecule has 1 atom stereocenters. The van der Waals surface area contributed by atoms with Gasteiger partial charge in [-0.15, -0.1) is 0 Å². The maximum absolute atomic E-state index is 13.4. The van der Waals surface area contributed by atoms with Crippen molar-refractivity contribution >= 4 is 16.8 Å². The highest BCUT2D eigenvalue weighted by Gasteiger charge is 2.35. The maximum Gasteiger partial charge on any atom is 0.253 e. The molecule has 1 amide bonds. The van der Waals surface area contributed by atoms with E-state index in [-0.39, 0.29) is 11.3 Å². The molecule has 5 heteroatoms. The van der Waals surface area contributed by atoms with E-state index < -0.39 is 0 Å². The van der Waals surface area contributed by atoms with Crippen LogP contribution in [0.2, 0.25) is 0 Å². The third kappa shape index (κ3) is 3.79. The maximum atomic E-state index is 13.4. The molecule has 2 N–H and O–H groups in total. The number of ether oxygens (including phenoxy) is 2. The molecule has 5 nitrogen and oxygen atoms in total. The second-order valence-corrected chi connectivity index (χ2v) is 9.46. The number of rotatable bonds is 5. The number of fused-ring (bicyclic) bond motifs is 3. The summed E-state index contributed by atoms with van der Waals surface area (Å²) in [5.41, 5.74) is 5.52. The van der Waals surface area contributed by atoms with E-state index in [0.29, 0.717) is 25.7 Å². The summed E-state index contributed by atoms with van der Waals surface area (Å²) in [6.45, 7) is 4.32. The lowest BCUT2D eigenvalue weighted by molar-refractivity contribution is 0.0487. The highest BCUT2D eigenvalue weighted by molar-refractivity contribution is 6.06. The number of para-hydroxylation sites is 1. The molecular formula is C27H32N2O3. The van der Waals surface area contributed by atoms with Crippen molar-refractivity contribution in [1.29, 1.82) is 0 Å². The minimum absolute atomic E-state index is 0.0124. The third-order valence-electron chi connectivity index (χ3n) is 7.45. The summed E-state index contributed by atoms with van der Waals surface area (Å²) in [4.78, 5) is 17.0. The van der Waals surface area contributed by atoms with Crippen LogP contribution in [0.3, 0.4) is 0 Å². The Labute approximate surface area is 189 Å². The topological polar surface area (TPSA) is 63.3 Å². The van der Waals surface area contributed by atoms with Gasteiger partial charge < -0.3 is 19.8 Å². The first-order chi connectivity index (χ1) is 15.6. The summed E-state index contributed by atoms with van der Waals surface area (Å²) in [6, 6.07) is 14.3. The highest BCUT2D eigenvalue weighted by atomic mass is 16.5. The molecule has 168 valence electrons. The average molecular weight is 433 g/mol. The summed E-state index contributed by atoms with van der Waals surface area (Å²) in [6.07, 6.45) is 5.12. The zero-order valence-corrected chi connectivity index (χ0v) is 19.0. The number of aromatic nitrogens is 1. The number of amides is 1. The SMILES string of the molecule is COc1ccc(C2(CNC(=O)c3cccc4c5c([nH]c34)CC[C@H](C)C5)CCOCC2)cc1. The zero-order valence-electron chi connectivity index (χ0n) is 19.0. The monoisotopic (exact) mass is 432 g/mol. The molecular weight excluding hydrogens is 400 g/mol. The van der Waals surface area contributed by atoms with Gasteiger partial charge in [-0.05, 0) is 67.3 Å². The Hall–Kier alpha value is -2.79. The summed E-state index contributed by atoms with van der Waals surface area (Å²) in [5.74, 6) is 1.52. The van der Waals surface area contributed by atoms with E-state index in [9.17, 15) is 4.79 Å².